The minimum atomic E-state index is -4.83. The smallest absolute Gasteiger partial charge is 0.372 e. The van der Waals surface area contributed by atoms with Crippen LogP contribution in [0, 0.1) is 0 Å². The van der Waals surface area contributed by atoms with E-state index in [1.165, 1.54) is 19.5 Å². The van der Waals surface area contributed by atoms with Gasteiger partial charge in [0.25, 0.3) is 0 Å². The summed E-state index contributed by atoms with van der Waals surface area (Å²) in [4.78, 5) is 29.8. The highest BCUT2D eigenvalue weighted by atomic mass is 19.4. The van der Waals surface area contributed by atoms with Crippen LogP contribution < -0.4 is 10.2 Å². The van der Waals surface area contributed by atoms with Gasteiger partial charge in [0.05, 0.1) is 11.4 Å². The monoisotopic (exact) mass is 592 g/mol. The average Bonchev–Trinajstić information content (AvgIpc) is 3.02. The number of benzene rings is 1. The Bertz CT molecular complexity index is 1430. The molecule has 0 atom stereocenters. The standard InChI is InChI=1S/C33H39F3N6O/c1-4-41(22-26-13-16-37-17-14-26)23-28-11-9-15-38-30(28)25(3)40-31(33(34,35)36)24(2)32(43)39-21-27-10-8-12-29(20-27)42-18-6-5-7-19-42/h8-17,20H,4-7,18-19,21-23H2,1-3H3,(H,39,43)/b31-24+,40-25?. The van der Waals surface area contributed by atoms with Crippen LogP contribution in [0.2, 0.25) is 0 Å². The average molecular weight is 593 g/mol. The molecule has 0 bridgehead atoms. The summed E-state index contributed by atoms with van der Waals surface area (Å²) >= 11 is 0. The number of carbonyl (C=O) groups excluding carboxylic acids is 1. The zero-order valence-electron chi connectivity index (χ0n) is 25.0. The molecule has 1 aliphatic heterocycles. The van der Waals surface area contributed by atoms with Crippen molar-refractivity contribution in [3.05, 3.63) is 101 Å². The SMILES string of the molecule is CCN(Cc1ccncc1)Cc1cccnc1C(C)=N/C(=C(\C)C(=O)NCc1cccc(N2CCCCC2)c1)C(F)(F)F. The number of pyridine rings is 2. The molecule has 0 spiro atoms. The number of halogens is 3. The Kier molecular flexibility index (Phi) is 11.1. The van der Waals surface area contributed by atoms with Gasteiger partial charge in [-0.2, -0.15) is 13.2 Å². The highest BCUT2D eigenvalue weighted by molar-refractivity contribution is 6.00. The Hall–Kier alpha value is -4.05. The molecule has 1 N–H and O–H groups in total. The highest BCUT2D eigenvalue weighted by Crippen LogP contribution is 2.30. The van der Waals surface area contributed by atoms with Gasteiger partial charge in [0.1, 0.15) is 0 Å². The van der Waals surface area contributed by atoms with Crippen molar-refractivity contribution in [2.45, 2.75) is 65.8 Å². The van der Waals surface area contributed by atoms with Gasteiger partial charge in [-0.1, -0.05) is 25.1 Å². The zero-order chi connectivity index (χ0) is 30.8. The predicted molar refractivity (Wildman–Crippen MR) is 164 cm³/mol. The van der Waals surface area contributed by atoms with E-state index in [0.29, 0.717) is 18.8 Å². The van der Waals surface area contributed by atoms with Crippen LogP contribution >= 0.6 is 0 Å². The van der Waals surface area contributed by atoms with E-state index < -0.39 is 23.4 Å². The van der Waals surface area contributed by atoms with Crippen LogP contribution in [-0.4, -0.2) is 52.3 Å². The minimum Gasteiger partial charge on any atom is -0.372 e. The molecule has 1 saturated heterocycles. The number of hydrogen-bond donors (Lipinski definition) is 1. The number of allylic oxidation sites excluding steroid dienone is 1. The number of nitrogens with one attached hydrogen (secondary N) is 1. The second-order valence-electron chi connectivity index (χ2n) is 10.7. The van der Waals surface area contributed by atoms with Crippen molar-refractivity contribution in [1.29, 1.82) is 0 Å². The molecular weight excluding hydrogens is 553 g/mol. The molecule has 0 unspecified atom stereocenters. The molecule has 1 aromatic carbocycles. The quantitative estimate of drug-likeness (QED) is 0.205. The normalized spacial score (nSPS) is 15.0. The summed E-state index contributed by atoms with van der Waals surface area (Å²) in [6, 6.07) is 15.2. The molecule has 228 valence electrons. The molecule has 4 rings (SSSR count). The van der Waals surface area contributed by atoms with E-state index in [4.69, 9.17) is 0 Å². The van der Waals surface area contributed by atoms with Crippen molar-refractivity contribution in [2.24, 2.45) is 4.99 Å². The Labute approximate surface area is 251 Å². The maximum atomic E-state index is 14.3. The summed E-state index contributed by atoms with van der Waals surface area (Å²) < 4.78 is 42.8. The molecule has 43 heavy (non-hydrogen) atoms. The lowest BCUT2D eigenvalue weighted by Crippen LogP contribution is -2.30. The Morgan fingerprint density at radius 1 is 0.977 bits per heavy atom. The van der Waals surface area contributed by atoms with Crippen LogP contribution in [0.15, 0.2) is 83.4 Å². The van der Waals surface area contributed by atoms with Crippen LogP contribution in [0.1, 0.15) is 62.4 Å². The lowest BCUT2D eigenvalue weighted by molar-refractivity contribution is -0.119. The van der Waals surface area contributed by atoms with Gasteiger partial charge in [0.15, 0.2) is 5.70 Å². The van der Waals surface area contributed by atoms with E-state index in [1.807, 2.05) is 49.4 Å². The number of alkyl halides is 3. The van der Waals surface area contributed by atoms with Gasteiger partial charge in [0, 0.05) is 62.6 Å². The first-order valence-electron chi connectivity index (χ1n) is 14.7. The number of rotatable bonds is 11. The second kappa shape index (κ2) is 14.9. The van der Waals surface area contributed by atoms with Crippen LogP contribution in [-0.2, 0) is 24.4 Å². The largest absolute Gasteiger partial charge is 0.433 e. The topological polar surface area (TPSA) is 73.7 Å². The van der Waals surface area contributed by atoms with Gasteiger partial charge in [-0.25, -0.2) is 4.99 Å². The third-order valence-corrected chi connectivity index (χ3v) is 7.56. The van der Waals surface area contributed by atoms with E-state index in [0.717, 1.165) is 61.8 Å². The molecule has 0 radical (unpaired) electrons. The number of aliphatic imine (C=N–C) groups is 1. The summed E-state index contributed by atoms with van der Waals surface area (Å²) in [5, 5.41) is 2.65. The van der Waals surface area contributed by atoms with Gasteiger partial charge in [-0.3, -0.25) is 19.7 Å². The van der Waals surface area contributed by atoms with Crippen molar-refractivity contribution < 1.29 is 18.0 Å². The van der Waals surface area contributed by atoms with Crippen molar-refractivity contribution in [1.82, 2.24) is 20.2 Å². The third-order valence-electron chi connectivity index (χ3n) is 7.56. The fraction of sp³-hybridized carbons (Fsp3) is 0.394. The first-order valence-corrected chi connectivity index (χ1v) is 14.7. The number of carbonyl (C=O) groups is 1. The first kappa shape index (κ1) is 31.9. The number of piperidine rings is 1. The van der Waals surface area contributed by atoms with E-state index >= 15 is 0 Å². The number of aromatic nitrogens is 2. The molecule has 3 heterocycles. The fourth-order valence-corrected chi connectivity index (χ4v) is 5.18. The van der Waals surface area contributed by atoms with Crippen molar-refractivity contribution in [3.8, 4) is 0 Å². The molecule has 3 aromatic rings. The summed E-state index contributed by atoms with van der Waals surface area (Å²) in [5.41, 5.74) is 2.43. The van der Waals surface area contributed by atoms with Gasteiger partial charge in [0.2, 0.25) is 5.91 Å². The molecule has 7 nitrogen and oxygen atoms in total. The van der Waals surface area contributed by atoms with E-state index in [9.17, 15) is 18.0 Å². The van der Waals surface area contributed by atoms with E-state index in [-0.39, 0.29) is 12.3 Å². The molecule has 1 amide bonds. The van der Waals surface area contributed by atoms with Crippen molar-refractivity contribution in [2.75, 3.05) is 24.5 Å². The zero-order valence-corrected chi connectivity index (χ0v) is 25.0. The summed E-state index contributed by atoms with van der Waals surface area (Å²) in [7, 11) is 0. The maximum Gasteiger partial charge on any atom is 0.433 e. The Balaban J connectivity index is 1.52. The maximum absolute atomic E-state index is 14.3. The van der Waals surface area contributed by atoms with E-state index in [2.05, 4.69) is 30.1 Å². The van der Waals surface area contributed by atoms with E-state index in [1.54, 1.807) is 18.5 Å². The number of nitrogens with zero attached hydrogens (tertiary/aromatic N) is 5. The van der Waals surface area contributed by atoms with Crippen LogP contribution in [0.25, 0.3) is 0 Å². The first-order chi connectivity index (χ1) is 20.7. The molecular formula is C33H39F3N6O. The van der Waals surface area contributed by atoms with Crippen molar-refractivity contribution >= 4 is 17.3 Å². The number of amides is 1. The molecule has 0 aliphatic carbocycles. The molecule has 1 aliphatic rings. The number of hydrogen-bond acceptors (Lipinski definition) is 6. The second-order valence-corrected chi connectivity index (χ2v) is 10.7. The number of anilines is 1. The van der Waals surface area contributed by atoms with Crippen molar-refractivity contribution in [3.63, 3.8) is 0 Å². The molecule has 10 heteroatoms. The lowest BCUT2D eigenvalue weighted by Gasteiger charge is -2.29. The summed E-state index contributed by atoms with van der Waals surface area (Å²) in [6.45, 7) is 8.58. The third kappa shape index (κ3) is 8.97. The molecule has 1 fully saturated rings. The van der Waals surface area contributed by atoms with Gasteiger partial charge in [-0.15, -0.1) is 0 Å². The van der Waals surface area contributed by atoms with Gasteiger partial charge in [-0.05, 0) is 86.7 Å². The van der Waals surface area contributed by atoms with Gasteiger partial charge < -0.3 is 10.2 Å². The highest BCUT2D eigenvalue weighted by Gasteiger charge is 2.37. The molecule has 0 saturated carbocycles. The lowest BCUT2D eigenvalue weighted by atomic mass is 10.1. The van der Waals surface area contributed by atoms with Crippen LogP contribution in [0.3, 0.4) is 0 Å². The summed E-state index contributed by atoms with van der Waals surface area (Å²) in [6.07, 6.45) is 3.64. The predicted octanol–water partition coefficient (Wildman–Crippen LogP) is 6.45. The Morgan fingerprint density at radius 3 is 2.42 bits per heavy atom. The molecule has 2 aromatic heterocycles. The van der Waals surface area contributed by atoms with Crippen LogP contribution in [0.5, 0.6) is 0 Å². The van der Waals surface area contributed by atoms with Gasteiger partial charge >= 0.3 is 6.18 Å². The summed E-state index contributed by atoms with van der Waals surface area (Å²) in [5.74, 6) is -0.817. The Morgan fingerprint density at radius 2 is 1.72 bits per heavy atom. The fourth-order valence-electron chi connectivity index (χ4n) is 5.18. The minimum absolute atomic E-state index is 0.0873. The van der Waals surface area contributed by atoms with Crippen LogP contribution in [0.4, 0.5) is 18.9 Å².